The average Bonchev–Trinajstić information content (AvgIpc) is 3.14. The number of carbonyl (C=O) groups excluding carboxylic acids is 1. The van der Waals surface area contributed by atoms with Crippen LogP contribution in [-0.2, 0) is 14.3 Å². The molecule has 0 bridgehead atoms. The van der Waals surface area contributed by atoms with Gasteiger partial charge in [-0.2, -0.15) is 0 Å². The van der Waals surface area contributed by atoms with Crippen molar-refractivity contribution in [2.24, 2.45) is 10.9 Å². The number of ether oxygens (including phenoxy) is 2. The lowest BCUT2D eigenvalue weighted by Gasteiger charge is -2.37. The van der Waals surface area contributed by atoms with Gasteiger partial charge in [0.25, 0.3) is 0 Å². The number of nitrogens with zero attached hydrogens (tertiary/aromatic N) is 2. The first kappa shape index (κ1) is 22.7. The van der Waals surface area contributed by atoms with Crippen molar-refractivity contribution < 1.29 is 14.3 Å². The minimum Gasteiger partial charge on any atom is -0.375 e. The molecule has 2 heterocycles. The van der Waals surface area contributed by atoms with E-state index in [9.17, 15) is 4.79 Å². The summed E-state index contributed by atoms with van der Waals surface area (Å²) in [5.74, 6) is 1.43. The van der Waals surface area contributed by atoms with Crippen LogP contribution >= 0.6 is 24.0 Å². The summed E-state index contributed by atoms with van der Waals surface area (Å²) in [4.78, 5) is 18.9. The van der Waals surface area contributed by atoms with E-state index >= 15 is 0 Å². The van der Waals surface area contributed by atoms with Gasteiger partial charge in [-0.25, -0.2) is 0 Å². The number of carbonyl (C=O) groups is 1. The molecule has 2 atom stereocenters. The topological polar surface area (TPSA) is 75.2 Å². The van der Waals surface area contributed by atoms with Gasteiger partial charge in [0.15, 0.2) is 5.96 Å². The number of guanidine groups is 1. The molecular formula is C19H35IN4O3. The van der Waals surface area contributed by atoms with Gasteiger partial charge in [-0.3, -0.25) is 9.79 Å². The Morgan fingerprint density at radius 1 is 1.11 bits per heavy atom. The summed E-state index contributed by atoms with van der Waals surface area (Å²) in [6, 6.07) is 0. The summed E-state index contributed by atoms with van der Waals surface area (Å²) in [6.07, 6.45) is 6.75. The van der Waals surface area contributed by atoms with E-state index in [2.05, 4.69) is 22.5 Å². The molecule has 2 N–H and O–H groups in total. The summed E-state index contributed by atoms with van der Waals surface area (Å²) in [7, 11) is 0. The minimum absolute atomic E-state index is 0. The van der Waals surface area contributed by atoms with Crippen LogP contribution in [0.2, 0.25) is 0 Å². The van der Waals surface area contributed by atoms with Gasteiger partial charge in [0, 0.05) is 45.2 Å². The normalized spacial score (nSPS) is 26.3. The lowest BCUT2D eigenvalue weighted by molar-refractivity contribution is -0.127. The molecule has 1 aliphatic carbocycles. The quantitative estimate of drug-likeness (QED) is 0.244. The van der Waals surface area contributed by atoms with E-state index in [1.54, 1.807) is 0 Å². The van der Waals surface area contributed by atoms with Gasteiger partial charge in [-0.1, -0.05) is 6.42 Å². The predicted molar refractivity (Wildman–Crippen MR) is 117 cm³/mol. The Bertz CT molecular complexity index is 482. The maximum absolute atomic E-state index is 11.8. The van der Waals surface area contributed by atoms with Crippen molar-refractivity contribution >= 4 is 35.8 Å². The molecule has 0 spiro atoms. The summed E-state index contributed by atoms with van der Waals surface area (Å²) >= 11 is 0. The Morgan fingerprint density at radius 3 is 2.59 bits per heavy atom. The van der Waals surface area contributed by atoms with E-state index < -0.39 is 0 Å². The molecule has 2 saturated heterocycles. The van der Waals surface area contributed by atoms with E-state index in [0.717, 1.165) is 70.8 Å². The number of rotatable bonds is 7. The fraction of sp³-hybridized carbons (Fsp3) is 0.895. The van der Waals surface area contributed by atoms with Crippen LogP contribution in [-0.4, -0.2) is 74.9 Å². The van der Waals surface area contributed by atoms with E-state index in [1.807, 2.05) is 0 Å². The first-order valence-corrected chi connectivity index (χ1v) is 10.3. The van der Waals surface area contributed by atoms with Crippen molar-refractivity contribution in [1.29, 1.82) is 0 Å². The molecule has 3 aliphatic rings. The monoisotopic (exact) mass is 494 g/mol. The molecule has 156 valence electrons. The third-order valence-electron chi connectivity index (χ3n) is 5.48. The molecule has 2 aliphatic heterocycles. The molecule has 27 heavy (non-hydrogen) atoms. The number of morpholine rings is 1. The van der Waals surface area contributed by atoms with Gasteiger partial charge in [-0.15, -0.1) is 24.0 Å². The summed E-state index contributed by atoms with van der Waals surface area (Å²) in [6.45, 7) is 7.61. The van der Waals surface area contributed by atoms with Crippen LogP contribution in [0.25, 0.3) is 0 Å². The highest BCUT2D eigenvalue weighted by Gasteiger charge is 2.32. The third-order valence-corrected chi connectivity index (χ3v) is 5.48. The number of nitrogens with one attached hydrogen (secondary N) is 2. The zero-order valence-corrected chi connectivity index (χ0v) is 18.8. The number of amides is 1. The summed E-state index contributed by atoms with van der Waals surface area (Å²) in [5, 5.41) is 6.43. The SMILES string of the molecule is CCNC(=NCCCNC(=O)C1CCC1)N1CCOC(C2CCCO2)C1.I. The van der Waals surface area contributed by atoms with E-state index in [-0.39, 0.29) is 48.0 Å². The smallest absolute Gasteiger partial charge is 0.223 e. The number of hydrogen-bond acceptors (Lipinski definition) is 4. The highest BCUT2D eigenvalue weighted by atomic mass is 127. The molecular weight excluding hydrogens is 459 g/mol. The van der Waals surface area contributed by atoms with Crippen molar-refractivity contribution in [1.82, 2.24) is 15.5 Å². The molecule has 3 rings (SSSR count). The van der Waals surface area contributed by atoms with Crippen molar-refractivity contribution in [2.45, 2.75) is 57.7 Å². The van der Waals surface area contributed by atoms with Gasteiger partial charge >= 0.3 is 0 Å². The molecule has 2 unspecified atom stereocenters. The first-order chi connectivity index (χ1) is 12.8. The molecule has 1 amide bonds. The molecule has 7 nitrogen and oxygen atoms in total. The number of halogens is 1. The molecule has 0 aromatic carbocycles. The van der Waals surface area contributed by atoms with Crippen molar-refractivity contribution in [3.05, 3.63) is 0 Å². The van der Waals surface area contributed by atoms with Crippen LogP contribution in [0, 0.1) is 5.92 Å². The van der Waals surface area contributed by atoms with Gasteiger partial charge in [-0.05, 0) is 39.0 Å². The predicted octanol–water partition coefficient (Wildman–Crippen LogP) is 1.76. The second-order valence-electron chi connectivity index (χ2n) is 7.41. The van der Waals surface area contributed by atoms with Crippen molar-refractivity contribution in [3.63, 3.8) is 0 Å². The lowest BCUT2D eigenvalue weighted by atomic mass is 9.85. The highest BCUT2D eigenvalue weighted by Crippen LogP contribution is 2.26. The number of aliphatic imine (C=N–C) groups is 1. The second-order valence-corrected chi connectivity index (χ2v) is 7.41. The number of hydrogen-bond donors (Lipinski definition) is 2. The Kier molecular flexibility index (Phi) is 10.1. The van der Waals surface area contributed by atoms with Crippen LogP contribution in [0.3, 0.4) is 0 Å². The minimum atomic E-state index is 0. The van der Waals surface area contributed by atoms with E-state index in [4.69, 9.17) is 14.5 Å². The fourth-order valence-corrected chi connectivity index (χ4v) is 3.70. The molecule has 8 heteroatoms. The van der Waals surface area contributed by atoms with E-state index in [0.29, 0.717) is 13.2 Å². The van der Waals surface area contributed by atoms with Gasteiger partial charge in [0.1, 0.15) is 6.10 Å². The Morgan fingerprint density at radius 2 is 1.93 bits per heavy atom. The first-order valence-electron chi connectivity index (χ1n) is 10.3. The highest BCUT2D eigenvalue weighted by molar-refractivity contribution is 14.0. The average molecular weight is 494 g/mol. The third kappa shape index (κ3) is 6.74. The van der Waals surface area contributed by atoms with E-state index in [1.165, 1.54) is 6.42 Å². The maximum Gasteiger partial charge on any atom is 0.223 e. The maximum atomic E-state index is 11.8. The standard InChI is InChI=1S/C19H34N4O3.HI/c1-2-20-19(22-10-5-9-21-18(24)15-6-3-7-15)23-11-13-26-17(14-23)16-8-4-12-25-16;/h15-17H,2-14H2,1H3,(H,20,22)(H,21,24);1H. The molecule has 1 saturated carbocycles. The summed E-state index contributed by atoms with van der Waals surface area (Å²) < 4.78 is 11.7. The van der Waals surface area contributed by atoms with Crippen molar-refractivity contribution in [2.75, 3.05) is 45.9 Å². The Labute approximate surface area is 180 Å². The van der Waals surface area contributed by atoms with Crippen LogP contribution in [0.15, 0.2) is 4.99 Å². The van der Waals surface area contributed by atoms with Crippen LogP contribution in [0.1, 0.15) is 45.4 Å². The Hall–Kier alpha value is -0.610. The van der Waals surface area contributed by atoms with Gasteiger partial charge in [0.2, 0.25) is 5.91 Å². The van der Waals surface area contributed by atoms with Crippen LogP contribution in [0.5, 0.6) is 0 Å². The molecule has 0 radical (unpaired) electrons. The largest absolute Gasteiger partial charge is 0.375 e. The lowest BCUT2D eigenvalue weighted by Crippen LogP contribution is -2.53. The Balaban J connectivity index is 0.00000261. The van der Waals surface area contributed by atoms with Gasteiger partial charge in [0.05, 0.1) is 12.7 Å². The second kappa shape index (κ2) is 12.1. The van der Waals surface area contributed by atoms with Crippen LogP contribution < -0.4 is 10.6 Å². The van der Waals surface area contributed by atoms with Crippen LogP contribution in [0.4, 0.5) is 0 Å². The van der Waals surface area contributed by atoms with Gasteiger partial charge < -0.3 is 25.0 Å². The zero-order valence-electron chi connectivity index (χ0n) is 16.5. The summed E-state index contributed by atoms with van der Waals surface area (Å²) in [5.41, 5.74) is 0. The molecule has 0 aromatic heterocycles. The van der Waals surface area contributed by atoms with Crippen molar-refractivity contribution in [3.8, 4) is 0 Å². The molecule has 3 fully saturated rings. The molecule has 0 aromatic rings. The fourth-order valence-electron chi connectivity index (χ4n) is 3.70. The zero-order chi connectivity index (χ0) is 18.2.